The molecule has 0 radical (unpaired) electrons. The first kappa shape index (κ1) is 30.6. The average Bonchev–Trinajstić information content (AvgIpc) is 3.59. The number of para-hydroxylation sites is 2. The molecule has 4 aromatic rings. The molecule has 2 atom stereocenters. The predicted molar refractivity (Wildman–Crippen MR) is 167 cm³/mol. The lowest BCUT2D eigenvalue weighted by Crippen LogP contribution is -2.41. The van der Waals surface area contributed by atoms with Gasteiger partial charge in [0.25, 0.3) is 0 Å². The van der Waals surface area contributed by atoms with E-state index in [0.29, 0.717) is 39.0 Å². The van der Waals surface area contributed by atoms with Gasteiger partial charge < -0.3 is 33.6 Å². The van der Waals surface area contributed by atoms with E-state index in [1.165, 1.54) is 11.1 Å². The average molecular weight is 586 g/mol. The van der Waals surface area contributed by atoms with Gasteiger partial charge in [-0.3, -0.25) is 0 Å². The largest absolute Gasteiger partial charge is 0.496 e. The number of hydrogen-bond acceptors (Lipinski definition) is 7. The highest BCUT2D eigenvalue weighted by Crippen LogP contribution is 2.29. The van der Waals surface area contributed by atoms with Crippen LogP contribution in [0.3, 0.4) is 0 Å². The summed E-state index contributed by atoms with van der Waals surface area (Å²) in [6.45, 7) is 5.51. The summed E-state index contributed by atoms with van der Waals surface area (Å²) in [5.74, 6) is 2.98. The van der Waals surface area contributed by atoms with Gasteiger partial charge in [-0.1, -0.05) is 48.5 Å². The summed E-state index contributed by atoms with van der Waals surface area (Å²) in [5, 5.41) is 3.49. The Morgan fingerprint density at radius 2 is 1.67 bits per heavy atom. The van der Waals surface area contributed by atoms with Crippen molar-refractivity contribution in [2.75, 3.05) is 46.6 Å². The first-order valence-corrected chi connectivity index (χ1v) is 15.2. The van der Waals surface area contributed by atoms with Gasteiger partial charge in [0.05, 0.1) is 46.0 Å². The molecule has 3 aromatic carbocycles. The lowest BCUT2D eigenvalue weighted by atomic mass is 9.88. The van der Waals surface area contributed by atoms with Crippen LogP contribution in [0.5, 0.6) is 17.2 Å². The second-order valence-electron chi connectivity index (χ2n) is 10.7. The van der Waals surface area contributed by atoms with Crippen molar-refractivity contribution >= 4 is 0 Å². The van der Waals surface area contributed by atoms with Crippen LogP contribution in [0.1, 0.15) is 35.4 Å². The molecule has 1 N–H and O–H groups in total. The quantitative estimate of drug-likeness (QED) is 0.160. The molecule has 0 amide bonds. The van der Waals surface area contributed by atoms with Crippen molar-refractivity contribution < 1.29 is 23.7 Å². The van der Waals surface area contributed by atoms with Crippen LogP contribution >= 0.6 is 0 Å². The normalized spacial score (nSPS) is 16.6. The Balaban J connectivity index is 1.02. The van der Waals surface area contributed by atoms with Crippen LogP contribution < -0.4 is 19.5 Å². The van der Waals surface area contributed by atoms with Gasteiger partial charge in [-0.25, -0.2) is 4.98 Å². The summed E-state index contributed by atoms with van der Waals surface area (Å²) in [5.41, 5.74) is 3.53. The Bertz CT molecular complexity index is 1350. The Labute approximate surface area is 254 Å². The summed E-state index contributed by atoms with van der Waals surface area (Å²) < 4.78 is 31.8. The minimum Gasteiger partial charge on any atom is -0.496 e. The maximum absolute atomic E-state index is 6.36. The van der Waals surface area contributed by atoms with E-state index in [-0.39, 0.29) is 6.10 Å². The smallest absolute Gasteiger partial charge is 0.124 e. The van der Waals surface area contributed by atoms with Crippen LogP contribution in [0, 0.1) is 0 Å². The zero-order valence-corrected chi connectivity index (χ0v) is 25.0. The highest BCUT2D eigenvalue weighted by molar-refractivity contribution is 5.34. The molecule has 1 aromatic heterocycles. The lowest BCUT2D eigenvalue weighted by Gasteiger charge is -2.32. The van der Waals surface area contributed by atoms with Crippen LogP contribution in [0.4, 0.5) is 0 Å². The van der Waals surface area contributed by atoms with E-state index in [4.69, 9.17) is 23.7 Å². The maximum atomic E-state index is 6.36. The summed E-state index contributed by atoms with van der Waals surface area (Å²) in [4.78, 5) is 4.12. The number of aromatic nitrogens is 2. The minimum atomic E-state index is 0.0981. The molecule has 0 spiro atoms. The topological polar surface area (TPSA) is 76.0 Å². The van der Waals surface area contributed by atoms with Crippen LogP contribution in [0.15, 0.2) is 91.5 Å². The third-order valence-electron chi connectivity index (χ3n) is 7.73. The minimum absolute atomic E-state index is 0.0981. The standard InChI is InChI=1S/C35H43N3O5/c1-39-33-9-4-3-8-30(33)26-40-21-6-22-41-31-13-11-28(12-14-31)32-15-17-36-25-35(32)43-24-23-42-34-10-5-2-7-29(34)16-19-38-20-18-37-27-38/h2-5,7-14,18,20,27,32,35-36H,6,15-17,19,21-26H2,1H3/t32-,35+/m1/s1. The molecule has 8 heteroatoms. The molecule has 228 valence electrons. The number of benzene rings is 3. The van der Waals surface area contributed by atoms with Gasteiger partial charge in [-0.05, 0) is 54.8 Å². The van der Waals surface area contributed by atoms with E-state index in [1.54, 1.807) is 13.3 Å². The van der Waals surface area contributed by atoms with Gasteiger partial charge >= 0.3 is 0 Å². The number of methoxy groups -OCH3 is 1. The van der Waals surface area contributed by atoms with Crippen LogP contribution in [-0.4, -0.2) is 62.3 Å². The molecule has 2 heterocycles. The number of aryl methyl sites for hydroxylation is 2. The van der Waals surface area contributed by atoms with Crippen LogP contribution in [-0.2, 0) is 29.0 Å². The van der Waals surface area contributed by atoms with E-state index in [2.05, 4.69) is 51.3 Å². The number of piperidine rings is 1. The highest BCUT2D eigenvalue weighted by atomic mass is 16.5. The Morgan fingerprint density at radius 1 is 0.860 bits per heavy atom. The number of ether oxygens (including phenoxy) is 5. The van der Waals surface area contributed by atoms with Crippen molar-refractivity contribution in [1.29, 1.82) is 0 Å². The van der Waals surface area contributed by atoms with Crippen molar-refractivity contribution in [3.05, 3.63) is 108 Å². The van der Waals surface area contributed by atoms with Crippen molar-refractivity contribution in [3.63, 3.8) is 0 Å². The number of nitrogens with one attached hydrogen (secondary N) is 1. The summed E-state index contributed by atoms with van der Waals surface area (Å²) in [6, 6.07) is 24.6. The summed E-state index contributed by atoms with van der Waals surface area (Å²) >= 11 is 0. The predicted octanol–water partition coefficient (Wildman–Crippen LogP) is 5.66. The lowest BCUT2D eigenvalue weighted by molar-refractivity contribution is 0.00720. The van der Waals surface area contributed by atoms with Gasteiger partial charge in [0.2, 0.25) is 0 Å². The highest BCUT2D eigenvalue weighted by Gasteiger charge is 2.27. The van der Waals surface area contributed by atoms with Gasteiger partial charge in [0, 0.05) is 43.4 Å². The van der Waals surface area contributed by atoms with Crippen molar-refractivity contribution in [1.82, 2.24) is 14.9 Å². The Hall–Kier alpha value is -3.85. The molecule has 0 saturated carbocycles. The molecular weight excluding hydrogens is 542 g/mol. The van der Waals surface area contributed by atoms with E-state index in [1.807, 2.05) is 48.9 Å². The second-order valence-corrected chi connectivity index (χ2v) is 10.7. The van der Waals surface area contributed by atoms with E-state index < -0.39 is 0 Å². The summed E-state index contributed by atoms with van der Waals surface area (Å²) in [7, 11) is 1.68. The Morgan fingerprint density at radius 3 is 2.49 bits per heavy atom. The van der Waals surface area contributed by atoms with Gasteiger partial charge in [-0.2, -0.15) is 0 Å². The number of hydrogen-bond donors (Lipinski definition) is 1. The molecule has 8 nitrogen and oxygen atoms in total. The van der Waals surface area contributed by atoms with Crippen molar-refractivity contribution in [3.8, 4) is 17.2 Å². The number of nitrogens with zero attached hydrogens (tertiary/aromatic N) is 2. The SMILES string of the molecule is COc1ccccc1COCCCOc1ccc([C@H]2CCNC[C@@H]2OCCOc2ccccc2CCn2ccnc2)cc1. The molecule has 0 bridgehead atoms. The summed E-state index contributed by atoms with van der Waals surface area (Å²) in [6.07, 6.45) is 8.47. The molecule has 0 aliphatic carbocycles. The molecule has 1 saturated heterocycles. The van der Waals surface area contributed by atoms with Crippen molar-refractivity contribution in [2.45, 2.75) is 44.4 Å². The molecular formula is C35H43N3O5. The van der Waals surface area contributed by atoms with E-state index in [9.17, 15) is 0 Å². The fraction of sp³-hybridized carbons (Fsp3) is 0.400. The zero-order chi connectivity index (χ0) is 29.5. The third-order valence-corrected chi connectivity index (χ3v) is 7.73. The molecule has 0 unspecified atom stereocenters. The van der Waals surface area contributed by atoms with Gasteiger partial charge in [-0.15, -0.1) is 0 Å². The first-order chi connectivity index (χ1) is 21.3. The van der Waals surface area contributed by atoms with E-state index in [0.717, 1.165) is 61.7 Å². The fourth-order valence-corrected chi connectivity index (χ4v) is 5.42. The zero-order valence-electron chi connectivity index (χ0n) is 25.0. The number of rotatable bonds is 17. The second kappa shape index (κ2) is 16.7. The van der Waals surface area contributed by atoms with Crippen LogP contribution in [0.2, 0.25) is 0 Å². The van der Waals surface area contributed by atoms with Gasteiger partial charge in [0.1, 0.15) is 23.9 Å². The van der Waals surface area contributed by atoms with Crippen LogP contribution in [0.25, 0.3) is 0 Å². The monoisotopic (exact) mass is 585 g/mol. The molecule has 1 fully saturated rings. The third kappa shape index (κ3) is 9.32. The first-order valence-electron chi connectivity index (χ1n) is 15.2. The van der Waals surface area contributed by atoms with Gasteiger partial charge in [0.15, 0.2) is 0 Å². The molecule has 43 heavy (non-hydrogen) atoms. The number of imidazole rings is 1. The fourth-order valence-electron chi connectivity index (χ4n) is 5.42. The van der Waals surface area contributed by atoms with Crippen molar-refractivity contribution in [2.24, 2.45) is 0 Å². The molecule has 1 aliphatic rings. The molecule has 1 aliphatic heterocycles. The van der Waals surface area contributed by atoms with E-state index >= 15 is 0 Å². The molecule has 5 rings (SSSR count). The maximum Gasteiger partial charge on any atom is 0.124 e. The Kier molecular flexibility index (Phi) is 11.9.